The number of rotatable bonds is 4. The summed E-state index contributed by atoms with van der Waals surface area (Å²) in [7, 11) is 4.39. The van der Waals surface area contributed by atoms with Crippen molar-refractivity contribution in [2.24, 2.45) is 5.92 Å². The molecular weight excluding hydrogens is 556 g/mol. The largest absolute Gasteiger partial charge is 0.347 e. The van der Waals surface area contributed by atoms with Crippen molar-refractivity contribution in [1.82, 2.24) is 0 Å². The number of hydrogen-bond donors (Lipinski definition) is 0. The van der Waals surface area contributed by atoms with Crippen molar-refractivity contribution in [3.63, 3.8) is 0 Å². The van der Waals surface area contributed by atoms with E-state index in [1.807, 2.05) is 0 Å². The van der Waals surface area contributed by atoms with Gasteiger partial charge in [-0.1, -0.05) is 98.3 Å². The number of anilines is 1. The highest BCUT2D eigenvalue weighted by atomic mass is 35.5. The number of hydrogen-bond acceptors (Lipinski definition) is 1. The highest BCUT2D eigenvalue weighted by molar-refractivity contribution is 6.30. The molecular formula is C41H42ClN2+. The van der Waals surface area contributed by atoms with E-state index in [9.17, 15) is 0 Å². The first-order valence-electron chi connectivity index (χ1n) is 16.0. The van der Waals surface area contributed by atoms with Crippen LogP contribution in [0, 0.1) is 5.92 Å². The van der Waals surface area contributed by atoms with Crippen molar-refractivity contribution in [3.8, 4) is 0 Å². The summed E-state index contributed by atoms with van der Waals surface area (Å²) < 4.78 is 2.37. The summed E-state index contributed by atoms with van der Waals surface area (Å²) in [5.41, 5.74) is 9.10. The van der Waals surface area contributed by atoms with E-state index in [4.69, 9.17) is 11.6 Å². The van der Waals surface area contributed by atoms with Gasteiger partial charge in [0.15, 0.2) is 5.71 Å². The topological polar surface area (TPSA) is 6.25 Å². The third-order valence-corrected chi connectivity index (χ3v) is 10.9. The van der Waals surface area contributed by atoms with Crippen LogP contribution in [0.2, 0.25) is 0 Å². The molecule has 0 amide bonds. The molecule has 3 heteroatoms. The van der Waals surface area contributed by atoms with Crippen molar-refractivity contribution >= 4 is 50.2 Å². The van der Waals surface area contributed by atoms with Gasteiger partial charge in [-0.05, 0) is 84.0 Å². The third kappa shape index (κ3) is 4.41. The van der Waals surface area contributed by atoms with Gasteiger partial charge >= 0.3 is 0 Å². The van der Waals surface area contributed by atoms with Crippen LogP contribution in [0.15, 0.2) is 119 Å². The number of nitrogens with zero attached hydrogens (tertiary/aromatic N) is 2. The minimum atomic E-state index is -0.0930. The zero-order chi connectivity index (χ0) is 30.8. The molecule has 0 aromatic heterocycles. The Bertz CT molecular complexity index is 1980. The Morgan fingerprint density at radius 3 is 2.20 bits per heavy atom. The fourth-order valence-corrected chi connectivity index (χ4v) is 8.53. The van der Waals surface area contributed by atoms with Crippen molar-refractivity contribution in [2.45, 2.75) is 57.8 Å². The molecule has 0 bridgehead atoms. The van der Waals surface area contributed by atoms with Gasteiger partial charge < -0.3 is 4.90 Å². The zero-order valence-corrected chi connectivity index (χ0v) is 27.5. The summed E-state index contributed by atoms with van der Waals surface area (Å²) in [6.07, 6.45) is 14.7. The highest BCUT2D eigenvalue weighted by Gasteiger charge is 2.44. The zero-order valence-electron chi connectivity index (χ0n) is 26.8. The van der Waals surface area contributed by atoms with E-state index >= 15 is 0 Å². The van der Waals surface area contributed by atoms with Gasteiger partial charge in [0.2, 0.25) is 5.69 Å². The van der Waals surface area contributed by atoms with Crippen LogP contribution in [-0.4, -0.2) is 24.4 Å². The Hall–Kier alpha value is -3.88. The van der Waals surface area contributed by atoms with Crippen molar-refractivity contribution < 1.29 is 4.58 Å². The van der Waals surface area contributed by atoms with E-state index in [0.29, 0.717) is 0 Å². The van der Waals surface area contributed by atoms with Crippen LogP contribution in [0.5, 0.6) is 0 Å². The lowest BCUT2D eigenvalue weighted by atomic mass is 9.78. The van der Waals surface area contributed by atoms with Crippen LogP contribution in [0.3, 0.4) is 0 Å². The lowest BCUT2D eigenvalue weighted by molar-refractivity contribution is -0.401. The minimum absolute atomic E-state index is 0.0917. The minimum Gasteiger partial charge on any atom is -0.347 e. The molecule has 44 heavy (non-hydrogen) atoms. The SMILES string of the molecule is CN1C(=CC=CC2=C(Cl)C(C=CC3=[N+](C)c4ccc5ccccc5c4C3(C)C)CCC2)C(C)(C)c2c1ccc1ccccc21. The van der Waals surface area contributed by atoms with Crippen LogP contribution in [0.25, 0.3) is 21.5 Å². The van der Waals surface area contributed by atoms with Gasteiger partial charge in [-0.2, -0.15) is 4.58 Å². The summed E-state index contributed by atoms with van der Waals surface area (Å²) in [6, 6.07) is 26.5. The average Bonchev–Trinajstić information content (AvgIpc) is 3.34. The van der Waals surface area contributed by atoms with Gasteiger partial charge in [0.1, 0.15) is 7.05 Å². The molecule has 2 aliphatic heterocycles. The molecule has 0 N–H and O–H groups in total. The van der Waals surface area contributed by atoms with Gasteiger partial charge in [-0.3, -0.25) is 0 Å². The molecule has 4 aromatic rings. The van der Waals surface area contributed by atoms with E-state index in [1.165, 1.54) is 61.0 Å². The first kappa shape index (κ1) is 28.9. The second kappa shape index (κ2) is 10.6. The number of likely N-dealkylation sites (N-methyl/N-ethyl adjacent to an activating group) is 1. The predicted molar refractivity (Wildman–Crippen MR) is 190 cm³/mol. The molecule has 1 aliphatic carbocycles. The number of allylic oxidation sites excluding steroid dienone is 8. The Morgan fingerprint density at radius 2 is 1.48 bits per heavy atom. The normalized spacial score (nSPS) is 21.9. The predicted octanol–water partition coefficient (Wildman–Crippen LogP) is 10.7. The Morgan fingerprint density at radius 1 is 0.818 bits per heavy atom. The van der Waals surface area contributed by atoms with Crippen molar-refractivity contribution in [3.05, 3.63) is 131 Å². The van der Waals surface area contributed by atoms with E-state index in [0.717, 1.165) is 24.3 Å². The van der Waals surface area contributed by atoms with Crippen LogP contribution in [0.4, 0.5) is 11.4 Å². The molecule has 2 heterocycles. The molecule has 1 unspecified atom stereocenters. The summed E-state index contributed by atoms with van der Waals surface area (Å²) in [5, 5.41) is 6.26. The van der Waals surface area contributed by atoms with Gasteiger partial charge in [0, 0.05) is 52.5 Å². The molecule has 1 atom stereocenters. The third-order valence-electron chi connectivity index (χ3n) is 10.4. The summed E-state index contributed by atoms with van der Waals surface area (Å²) >= 11 is 7.15. The maximum absolute atomic E-state index is 7.15. The number of fused-ring (bicyclic) bond motifs is 6. The Balaban J connectivity index is 1.16. The molecule has 0 fully saturated rings. The molecule has 4 aromatic carbocycles. The molecule has 0 spiro atoms. The van der Waals surface area contributed by atoms with Gasteiger partial charge in [-0.15, -0.1) is 0 Å². The highest BCUT2D eigenvalue weighted by Crippen LogP contribution is 2.50. The molecule has 222 valence electrons. The number of benzene rings is 4. The maximum Gasteiger partial charge on any atom is 0.210 e. The second-order valence-corrected chi connectivity index (χ2v) is 14.2. The summed E-state index contributed by atoms with van der Waals surface area (Å²) in [5.74, 6) is 0.232. The summed E-state index contributed by atoms with van der Waals surface area (Å²) in [6.45, 7) is 9.39. The molecule has 0 radical (unpaired) electrons. The molecule has 0 saturated carbocycles. The quantitative estimate of drug-likeness (QED) is 0.212. The lowest BCUT2D eigenvalue weighted by Crippen LogP contribution is -2.27. The Kier molecular flexibility index (Phi) is 6.98. The van der Waals surface area contributed by atoms with E-state index < -0.39 is 0 Å². The van der Waals surface area contributed by atoms with Crippen molar-refractivity contribution in [1.29, 1.82) is 0 Å². The van der Waals surface area contributed by atoms with E-state index in [-0.39, 0.29) is 16.7 Å². The standard InChI is InChI=1S/C41H42ClN2/c1-40(2)35(43(5)33-24-21-27-13-7-9-18-31(27)37(33)40)20-12-17-29-15-11-16-30(39(29)42)23-26-36-41(3,4)38-32-19-10-8-14-28(32)22-25-34(38)44(36)6/h7-10,12-14,17-26,30H,11,15-16H2,1-6H3/q+1. The van der Waals surface area contributed by atoms with E-state index in [2.05, 4.69) is 154 Å². The fourth-order valence-electron chi connectivity index (χ4n) is 8.19. The average molecular weight is 598 g/mol. The molecule has 0 saturated heterocycles. The van der Waals surface area contributed by atoms with Crippen molar-refractivity contribution in [2.75, 3.05) is 19.0 Å². The van der Waals surface area contributed by atoms with Crippen LogP contribution >= 0.6 is 11.6 Å². The lowest BCUT2D eigenvalue weighted by Gasteiger charge is -2.24. The fraction of sp³-hybridized carbons (Fsp3) is 0.293. The van der Waals surface area contributed by atoms with Crippen LogP contribution < -0.4 is 4.90 Å². The maximum atomic E-state index is 7.15. The summed E-state index contributed by atoms with van der Waals surface area (Å²) in [4.78, 5) is 2.35. The molecule has 2 nitrogen and oxygen atoms in total. The smallest absolute Gasteiger partial charge is 0.210 e. The van der Waals surface area contributed by atoms with Gasteiger partial charge in [0.05, 0.1) is 5.41 Å². The van der Waals surface area contributed by atoms with E-state index in [1.54, 1.807) is 0 Å². The first-order valence-corrected chi connectivity index (χ1v) is 16.3. The van der Waals surface area contributed by atoms with Crippen LogP contribution in [-0.2, 0) is 10.8 Å². The monoisotopic (exact) mass is 597 g/mol. The molecule has 3 aliphatic rings. The second-order valence-electron chi connectivity index (χ2n) is 13.8. The number of halogens is 1. The molecule has 7 rings (SSSR count). The van der Waals surface area contributed by atoms with Crippen LogP contribution in [0.1, 0.15) is 58.1 Å². The van der Waals surface area contributed by atoms with Gasteiger partial charge in [0.25, 0.3) is 0 Å². The Labute approximate surface area is 267 Å². The first-order chi connectivity index (χ1) is 21.1. The van der Waals surface area contributed by atoms with Gasteiger partial charge in [-0.25, -0.2) is 0 Å².